The highest BCUT2D eigenvalue weighted by Crippen LogP contribution is 2.33. The first-order valence-corrected chi connectivity index (χ1v) is 12.3. The highest BCUT2D eigenvalue weighted by Gasteiger charge is 2.47. The molecule has 2 aromatic rings. The lowest BCUT2D eigenvalue weighted by molar-refractivity contribution is -0.137. The first-order chi connectivity index (χ1) is 17.8. The molecule has 4 rings (SSSR count). The summed E-state index contributed by atoms with van der Waals surface area (Å²) in [5.41, 5.74) is 6.65. The number of nitrogens with zero attached hydrogens (tertiary/aromatic N) is 4. The standard InChI is InChI=1S/C24H32N6O7/c1-3-26-22(33)19-17(31)18(32)23(37-19)30-12-27-16-20(25)28-15(29-21(16)30)6-4-5-13-7-9-14(10-8-13)11-36-24(34)35-2/h12-14,17-19,23,31-32H,3,5,7-11H2,1-2H3,(H,26,33)(H2,25,28,29)/t13?,14?,17-,18?,19+,23-/m1/s1. The number of hydrogen-bond acceptors (Lipinski definition) is 11. The van der Waals surface area contributed by atoms with Crippen LogP contribution in [0.15, 0.2) is 6.33 Å². The molecule has 1 saturated heterocycles. The maximum Gasteiger partial charge on any atom is 0.507 e. The summed E-state index contributed by atoms with van der Waals surface area (Å²) >= 11 is 0. The zero-order chi connectivity index (χ0) is 26.5. The van der Waals surface area contributed by atoms with Crippen LogP contribution in [0.3, 0.4) is 0 Å². The summed E-state index contributed by atoms with van der Waals surface area (Å²) in [4.78, 5) is 36.2. The molecule has 5 N–H and O–H groups in total. The molecule has 13 nitrogen and oxygen atoms in total. The van der Waals surface area contributed by atoms with Crippen molar-refractivity contribution in [2.75, 3.05) is 26.0 Å². The van der Waals surface area contributed by atoms with Crippen LogP contribution in [-0.4, -0.2) is 80.4 Å². The Morgan fingerprint density at radius 1 is 1.22 bits per heavy atom. The minimum atomic E-state index is -1.42. The predicted molar refractivity (Wildman–Crippen MR) is 130 cm³/mol. The summed E-state index contributed by atoms with van der Waals surface area (Å²) in [6.45, 7) is 2.47. The van der Waals surface area contributed by atoms with Crippen molar-refractivity contribution in [1.29, 1.82) is 0 Å². The highest BCUT2D eigenvalue weighted by atomic mass is 16.7. The van der Waals surface area contributed by atoms with Crippen molar-refractivity contribution in [3.8, 4) is 11.8 Å². The number of aromatic nitrogens is 4. The van der Waals surface area contributed by atoms with Crippen LogP contribution in [-0.2, 0) is 19.0 Å². The van der Waals surface area contributed by atoms with Crippen LogP contribution < -0.4 is 11.1 Å². The minimum absolute atomic E-state index is 0.118. The Morgan fingerprint density at radius 3 is 2.65 bits per heavy atom. The Balaban J connectivity index is 1.42. The summed E-state index contributed by atoms with van der Waals surface area (Å²) in [6, 6.07) is 0. The lowest BCUT2D eigenvalue weighted by Crippen LogP contribution is -2.42. The number of carbonyl (C=O) groups is 2. The van der Waals surface area contributed by atoms with Crippen molar-refractivity contribution in [3.05, 3.63) is 12.2 Å². The van der Waals surface area contributed by atoms with Crippen LogP contribution in [0.4, 0.5) is 10.6 Å². The maximum atomic E-state index is 12.2. The molecule has 2 fully saturated rings. The van der Waals surface area contributed by atoms with E-state index in [0.29, 0.717) is 36.9 Å². The van der Waals surface area contributed by atoms with Gasteiger partial charge in [-0.3, -0.25) is 9.36 Å². The van der Waals surface area contributed by atoms with Crippen molar-refractivity contribution < 1.29 is 34.0 Å². The molecule has 1 saturated carbocycles. The number of rotatable bonds is 6. The van der Waals surface area contributed by atoms with E-state index in [1.54, 1.807) is 6.92 Å². The number of likely N-dealkylation sites (N-methyl/N-ethyl adjacent to an activating group) is 1. The fourth-order valence-corrected chi connectivity index (χ4v) is 4.68. The second kappa shape index (κ2) is 11.7. The average molecular weight is 517 g/mol. The molecule has 1 unspecified atom stereocenters. The second-order valence-corrected chi connectivity index (χ2v) is 9.24. The maximum absolute atomic E-state index is 12.2. The van der Waals surface area contributed by atoms with Crippen LogP contribution in [0.2, 0.25) is 0 Å². The third kappa shape index (κ3) is 5.93. The van der Waals surface area contributed by atoms with Gasteiger partial charge in [-0.2, -0.15) is 0 Å². The minimum Gasteiger partial charge on any atom is -0.438 e. The molecule has 37 heavy (non-hydrogen) atoms. The van der Waals surface area contributed by atoms with Crippen LogP contribution in [0.25, 0.3) is 11.2 Å². The number of amides is 1. The Morgan fingerprint density at radius 2 is 1.95 bits per heavy atom. The van der Waals surface area contributed by atoms with Crippen LogP contribution in [0, 0.1) is 23.7 Å². The third-order valence-corrected chi connectivity index (χ3v) is 6.73. The van der Waals surface area contributed by atoms with E-state index in [1.165, 1.54) is 18.0 Å². The lowest BCUT2D eigenvalue weighted by atomic mass is 9.81. The molecule has 1 amide bonds. The number of fused-ring (bicyclic) bond motifs is 1. The number of methoxy groups -OCH3 is 1. The van der Waals surface area contributed by atoms with E-state index in [9.17, 15) is 19.8 Å². The molecule has 4 atom stereocenters. The summed E-state index contributed by atoms with van der Waals surface area (Å²) in [5, 5.41) is 23.5. The smallest absolute Gasteiger partial charge is 0.438 e. The number of ether oxygens (including phenoxy) is 3. The number of nitrogens with two attached hydrogens (primary N) is 1. The van der Waals surface area contributed by atoms with Gasteiger partial charge in [0.2, 0.25) is 5.82 Å². The Labute approximate surface area is 213 Å². The molecular weight excluding hydrogens is 484 g/mol. The van der Waals surface area contributed by atoms with E-state index in [2.05, 4.69) is 36.8 Å². The predicted octanol–water partition coefficient (Wildman–Crippen LogP) is 0.495. The topological polar surface area (TPSA) is 184 Å². The number of nitrogen functional groups attached to an aromatic ring is 1. The zero-order valence-electron chi connectivity index (χ0n) is 20.8. The van der Waals surface area contributed by atoms with Gasteiger partial charge in [-0.15, -0.1) is 0 Å². The number of anilines is 1. The molecule has 0 bridgehead atoms. The van der Waals surface area contributed by atoms with Gasteiger partial charge in [0.15, 0.2) is 23.8 Å². The number of nitrogens with one attached hydrogen (secondary N) is 1. The fourth-order valence-electron chi connectivity index (χ4n) is 4.68. The monoisotopic (exact) mass is 516 g/mol. The van der Waals surface area contributed by atoms with Crippen LogP contribution in [0.1, 0.15) is 51.1 Å². The van der Waals surface area contributed by atoms with Crippen LogP contribution >= 0.6 is 0 Å². The van der Waals surface area contributed by atoms with Gasteiger partial charge >= 0.3 is 6.16 Å². The first kappa shape index (κ1) is 26.6. The van der Waals surface area contributed by atoms with Crippen LogP contribution in [0.5, 0.6) is 0 Å². The summed E-state index contributed by atoms with van der Waals surface area (Å²) in [5.74, 6) is 6.63. The fraction of sp³-hybridized carbons (Fsp3) is 0.625. The van der Waals surface area contributed by atoms with E-state index < -0.39 is 36.6 Å². The van der Waals surface area contributed by atoms with Crippen molar-refractivity contribution in [2.45, 2.75) is 63.6 Å². The van der Waals surface area contributed by atoms with E-state index in [0.717, 1.165) is 25.7 Å². The third-order valence-electron chi connectivity index (χ3n) is 6.73. The van der Waals surface area contributed by atoms with Gasteiger partial charge < -0.3 is 35.5 Å². The summed E-state index contributed by atoms with van der Waals surface area (Å²) in [7, 11) is 1.29. The van der Waals surface area contributed by atoms with Gasteiger partial charge in [-0.05, 0) is 50.4 Å². The Hall–Kier alpha value is -3.47. The Kier molecular flexibility index (Phi) is 8.42. The highest BCUT2D eigenvalue weighted by molar-refractivity contribution is 5.83. The van der Waals surface area contributed by atoms with Gasteiger partial charge in [0.1, 0.15) is 17.7 Å². The molecule has 200 valence electrons. The second-order valence-electron chi connectivity index (χ2n) is 9.24. The number of hydrogen-bond donors (Lipinski definition) is 4. The summed E-state index contributed by atoms with van der Waals surface area (Å²) in [6.07, 6.45) is 0.0896. The molecule has 2 aromatic heterocycles. The van der Waals surface area contributed by atoms with Crippen molar-refractivity contribution in [2.24, 2.45) is 11.8 Å². The van der Waals surface area contributed by atoms with E-state index in [4.69, 9.17) is 15.2 Å². The molecule has 2 aliphatic rings. The molecular formula is C24H32N6O7. The number of imidazole rings is 1. The van der Waals surface area contributed by atoms with Crippen molar-refractivity contribution in [1.82, 2.24) is 24.8 Å². The number of aliphatic hydroxyl groups is 2. The zero-order valence-corrected chi connectivity index (χ0v) is 20.8. The first-order valence-electron chi connectivity index (χ1n) is 12.3. The van der Waals surface area contributed by atoms with Crippen molar-refractivity contribution >= 4 is 29.0 Å². The molecule has 0 spiro atoms. The molecule has 1 aliphatic carbocycles. The van der Waals surface area contributed by atoms with Gasteiger partial charge in [-0.25, -0.2) is 19.7 Å². The SMILES string of the molecule is CCNC(=O)[C@H]1O[C@@H](n2cnc3c(N)nc(C#CCC4CCC(COC(=O)OC)CC4)nc32)C(O)[C@H]1O. The quantitative estimate of drug-likeness (QED) is 0.309. The van der Waals surface area contributed by atoms with Gasteiger partial charge in [-0.1, -0.05) is 5.92 Å². The van der Waals surface area contributed by atoms with E-state index in [1.807, 2.05) is 0 Å². The average Bonchev–Trinajstić information content (AvgIpc) is 3.44. The molecule has 0 aromatic carbocycles. The molecule has 13 heteroatoms. The van der Waals surface area contributed by atoms with E-state index in [-0.39, 0.29) is 17.3 Å². The largest absolute Gasteiger partial charge is 0.507 e. The van der Waals surface area contributed by atoms with E-state index >= 15 is 0 Å². The number of aliphatic hydroxyl groups excluding tert-OH is 2. The molecule has 3 heterocycles. The summed E-state index contributed by atoms with van der Waals surface area (Å²) < 4.78 is 16.7. The van der Waals surface area contributed by atoms with Gasteiger partial charge in [0.25, 0.3) is 5.91 Å². The van der Waals surface area contributed by atoms with Gasteiger partial charge in [0.05, 0.1) is 20.0 Å². The lowest BCUT2D eigenvalue weighted by Gasteiger charge is -2.26. The number of carbonyl (C=O) groups excluding carboxylic acids is 2. The molecule has 1 aliphatic heterocycles. The normalized spacial score (nSPS) is 27.4. The van der Waals surface area contributed by atoms with Gasteiger partial charge in [0, 0.05) is 13.0 Å². The van der Waals surface area contributed by atoms with Crippen molar-refractivity contribution in [3.63, 3.8) is 0 Å². The Bertz CT molecular complexity index is 1180. The molecule has 0 radical (unpaired) electrons.